The number of halogens is 4. The zero-order chi connectivity index (χ0) is 10.1. The zero-order valence-corrected chi connectivity index (χ0v) is 9.97. The van der Waals surface area contributed by atoms with Gasteiger partial charge in [-0.2, -0.15) is 8.78 Å². The molecule has 1 rings (SSSR count). The number of carbonyl (C=O) groups excluding carboxylic acids is 1. The van der Waals surface area contributed by atoms with E-state index in [1.165, 1.54) is 12.1 Å². The highest BCUT2D eigenvalue weighted by molar-refractivity contribution is 14.1. The predicted molar refractivity (Wildman–Crippen MR) is 57.4 cm³/mol. The molecule has 0 saturated heterocycles. The van der Waals surface area contributed by atoms with Crippen LogP contribution in [0.4, 0.5) is 8.78 Å². The maximum atomic E-state index is 12.5. The first kappa shape index (κ1) is 11.0. The second-order valence-corrected chi connectivity index (χ2v) is 4.60. The second-order valence-electron chi connectivity index (χ2n) is 2.33. The summed E-state index contributed by atoms with van der Waals surface area (Å²) in [6.45, 7) is 0. The number of hydrogen-bond acceptors (Lipinski definition) is 1. The molecule has 0 saturated carbocycles. The van der Waals surface area contributed by atoms with Crippen molar-refractivity contribution in [3.8, 4) is 0 Å². The lowest BCUT2D eigenvalue weighted by Crippen LogP contribution is -2.20. The Hall–Kier alpha value is -0.0400. The Kier molecular flexibility index (Phi) is 3.39. The van der Waals surface area contributed by atoms with E-state index in [1.54, 1.807) is 12.1 Å². The van der Waals surface area contributed by atoms with Gasteiger partial charge in [-0.15, -0.1) is 0 Å². The Bertz CT molecular complexity index is 318. The van der Waals surface area contributed by atoms with Crippen LogP contribution >= 0.6 is 38.5 Å². The van der Waals surface area contributed by atoms with Gasteiger partial charge >= 0.3 is 3.93 Å². The molecule has 1 aromatic carbocycles. The summed E-state index contributed by atoms with van der Waals surface area (Å²) in [6, 6.07) is 5.82. The van der Waals surface area contributed by atoms with Gasteiger partial charge in [-0.25, -0.2) is 0 Å². The molecule has 1 nitrogen and oxygen atoms in total. The smallest absolute Gasteiger partial charge is 0.286 e. The first-order valence-electron chi connectivity index (χ1n) is 3.28. The van der Waals surface area contributed by atoms with E-state index < -0.39 is 9.71 Å². The Balaban J connectivity index is 2.97. The van der Waals surface area contributed by atoms with Crippen molar-refractivity contribution in [1.29, 1.82) is 0 Å². The van der Waals surface area contributed by atoms with Crippen LogP contribution in [-0.2, 0) is 0 Å². The quantitative estimate of drug-likeness (QED) is 0.447. The predicted octanol–water partition coefficient (Wildman–Crippen LogP) is 3.66. The van der Waals surface area contributed by atoms with Crippen LogP contribution in [-0.4, -0.2) is 9.71 Å². The molecule has 5 heteroatoms. The zero-order valence-electron chi connectivity index (χ0n) is 6.23. The van der Waals surface area contributed by atoms with E-state index in [2.05, 4.69) is 15.9 Å². The lowest BCUT2D eigenvalue weighted by molar-refractivity contribution is 0.0627. The lowest BCUT2D eigenvalue weighted by Gasteiger charge is -2.06. The molecular formula is C8H4BrF2IO. The molecule has 0 aromatic heterocycles. The minimum absolute atomic E-state index is 0.0163. The topological polar surface area (TPSA) is 17.1 Å². The van der Waals surface area contributed by atoms with Crippen molar-refractivity contribution in [2.45, 2.75) is 3.93 Å². The monoisotopic (exact) mass is 360 g/mol. The fourth-order valence-electron chi connectivity index (χ4n) is 0.765. The highest BCUT2D eigenvalue weighted by atomic mass is 127. The van der Waals surface area contributed by atoms with Gasteiger partial charge < -0.3 is 0 Å². The lowest BCUT2D eigenvalue weighted by atomic mass is 10.1. The summed E-state index contributed by atoms with van der Waals surface area (Å²) in [4.78, 5) is 11.0. The Morgan fingerprint density at radius 3 is 2.15 bits per heavy atom. The molecule has 1 aromatic rings. The minimum Gasteiger partial charge on any atom is -0.286 e. The van der Waals surface area contributed by atoms with Crippen LogP contribution < -0.4 is 0 Å². The Morgan fingerprint density at radius 2 is 1.77 bits per heavy atom. The standard InChI is InChI=1S/C8H4BrF2IO/c9-6-3-1-5(2-4-6)7(13)8(10,11)12/h1-4H. The molecule has 0 spiro atoms. The summed E-state index contributed by atoms with van der Waals surface area (Å²) in [5, 5.41) is 0. The molecule has 0 aliphatic heterocycles. The molecule has 0 amide bonds. The second kappa shape index (κ2) is 4.00. The van der Waals surface area contributed by atoms with Crippen molar-refractivity contribution >= 4 is 44.3 Å². The molecule has 0 heterocycles. The molecule has 13 heavy (non-hydrogen) atoms. The Morgan fingerprint density at radius 1 is 1.31 bits per heavy atom. The molecule has 0 N–H and O–H groups in total. The largest absolute Gasteiger partial charge is 0.357 e. The van der Waals surface area contributed by atoms with E-state index in [-0.39, 0.29) is 5.56 Å². The third kappa shape index (κ3) is 2.98. The highest BCUT2D eigenvalue weighted by Gasteiger charge is 2.35. The number of rotatable bonds is 2. The summed E-state index contributed by atoms with van der Waals surface area (Å²) < 4.78 is 22.5. The molecule has 0 bridgehead atoms. The molecule has 70 valence electrons. The van der Waals surface area contributed by atoms with Gasteiger partial charge in [-0.05, 0) is 12.1 Å². The molecule has 0 radical (unpaired) electrons. The number of carbonyl (C=O) groups is 1. The van der Waals surface area contributed by atoms with E-state index in [4.69, 9.17) is 0 Å². The highest BCUT2D eigenvalue weighted by Crippen LogP contribution is 2.27. The van der Waals surface area contributed by atoms with E-state index >= 15 is 0 Å². The molecule has 0 atom stereocenters. The summed E-state index contributed by atoms with van der Waals surface area (Å²) in [7, 11) is 0. The average Bonchev–Trinajstić information content (AvgIpc) is 2.03. The van der Waals surface area contributed by atoms with Gasteiger partial charge in [0.1, 0.15) is 0 Å². The van der Waals surface area contributed by atoms with Gasteiger partial charge in [0, 0.05) is 32.6 Å². The maximum absolute atomic E-state index is 12.5. The van der Waals surface area contributed by atoms with Crippen molar-refractivity contribution in [1.82, 2.24) is 0 Å². The molecule has 0 unspecified atom stereocenters. The van der Waals surface area contributed by atoms with Crippen molar-refractivity contribution in [2.75, 3.05) is 0 Å². The summed E-state index contributed by atoms with van der Waals surface area (Å²) in [5.41, 5.74) is 0.0163. The van der Waals surface area contributed by atoms with Crippen molar-refractivity contribution in [2.24, 2.45) is 0 Å². The summed E-state index contributed by atoms with van der Waals surface area (Å²) in [5.74, 6) is -1.17. The first-order chi connectivity index (χ1) is 5.91. The number of Topliss-reactive ketones (excluding diaryl/α,β-unsaturated/α-hetero) is 1. The van der Waals surface area contributed by atoms with Gasteiger partial charge in [0.25, 0.3) is 0 Å². The summed E-state index contributed by atoms with van der Waals surface area (Å²) >= 11 is 3.96. The number of hydrogen-bond donors (Lipinski definition) is 0. The van der Waals surface area contributed by atoms with Gasteiger partial charge in [0.2, 0.25) is 5.78 Å². The van der Waals surface area contributed by atoms with Crippen LogP contribution in [0.5, 0.6) is 0 Å². The molecule has 0 fully saturated rings. The van der Waals surface area contributed by atoms with Crippen LogP contribution in [0, 0.1) is 0 Å². The third-order valence-electron chi connectivity index (χ3n) is 1.36. The van der Waals surface area contributed by atoms with E-state index in [1.807, 2.05) is 0 Å². The third-order valence-corrected chi connectivity index (χ3v) is 2.38. The van der Waals surface area contributed by atoms with Gasteiger partial charge in [-0.1, -0.05) is 28.1 Å². The van der Waals surface area contributed by atoms with Crippen molar-refractivity contribution < 1.29 is 13.6 Å². The van der Waals surface area contributed by atoms with Crippen molar-refractivity contribution in [3.05, 3.63) is 34.3 Å². The van der Waals surface area contributed by atoms with Crippen LogP contribution in [0.25, 0.3) is 0 Å². The van der Waals surface area contributed by atoms with Crippen LogP contribution in [0.2, 0.25) is 0 Å². The molecule has 0 aliphatic carbocycles. The molecular weight excluding hydrogens is 357 g/mol. The number of ketones is 1. The SMILES string of the molecule is O=C(c1ccc(Br)cc1)C(F)(F)I. The number of alkyl halides is 3. The summed E-state index contributed by atoms with van der Waals surface area (Å²) in [6.07, 6.45) is 0. The van der Waals surface area contributed by atoms with Gasteiger partial charge in [-0.3, -0.25) is 4.79 Å². The average molecular weight is 361 g/mol. The van der Waals surface area contributed by atoms with E-state index in [0.29, 0.717) is 0 Å². The van der Waals surface area contributed by atoms with Gasteiger partial charge in [0.05, 0.1) is 0 Å². The fourth-order valence-corrected chi connectivity index (χ4v) is 1.34. The fraction of sp³-hybridized carbons (Fsp3) is 0.125. The van der Waals surface area contributed by atoms with E-state index in [9.17, 15) is 13.6 Å². The van der Waals surface area contributed by atoms with E-state index in [0.717, 1.165) is 27.1 Å². The maximum Gasteiger partial charge on any atom is 0.357 e. The normalized spacial score (nSPS) is 11.4. The van der Waals surface area contributed by atoms with Crippen LogP contribution in [0.3, 0.4) is 0 Å². The van der Waals surface area contributed by atoms with Gasteiger partial charge in [0.15, 0.2) is 0 Å². The van der Waals surface area contributed by atoms with Crippen LogP contribution in [0.1, 0.15) is 10.4 Å². The Labute approximate surface area is 95.8 Å². The first-order valence-corrected chi connectivity index (χ1v) is 5.15. The van der Waals surface area contributed by atoms with Crippen LogP contribution in [0.15, 0.2) is 28.7 Å². The minimum atomic E-state index is -3.33. The van der Waals surface area contributed by atoms with Crippen molar-refractivity contribution in [3.63, 3.8) is 0 Å². The molecule has 0 aliphatic rings. The number of benzene rings is 1.